The van der Waals surface area contributed by atoms with Crippen LogP contribution in [0.2, 0.25) is 0 Å². The Kier molecular flexibility index (Phi) is 5.08. The minimum Gasteiger partial charge on any atom is -0.495 e. The highest BCUT2D eigenvalue weighted by Crippen LogP contribution is 2.28. The van der Waals surface area contributed by atoms with E-state index in [1.165, 1.54) is 0 Å². The van der Waals surface area contributed by atoms with Gasteiger partial charge in [0.15, 0.2) is 5.65 Å². The summed E-state index contributed by atoms with van der Waals surface area (Å²) in [5, 5.41) is 2.66. The second-order valence-electron chi connectivity index (χ2n) is 5.37. The summed E-state index contributed by atoms with van der Waals surface area (Å²) in [6.45, 7) is 2.32. The van der Waals surface area contributed by atoms with Gasteiger partial charge in [0.25, 0.3) is 0 Å². The number of nitrogens with zero attached hydrogens (tertiary/aromatic N) is 4. The van der Waals surface area contributed by atoms with Gasteiger partial charge in [0.2, 0.25) is 0 Å². The van der Waals surface area contributed by atoms with Crippen molar-refractivity contribution >= 4 is 41.5 Å². The molecule has 0 aliphatic rings. The molecule has 3 rings (SSSR count). The Bertz CT molecular complexity index is 965. The number of urea groups is 1. The van der Waals surface area contributed by atoms with Crippen molar-refractivity contribution < 1.29 is 9.53 Å². The highest BCUT2D eigenvalue weighted by Gasteiger charge is 2.14. The van der Waals surface area contributed by atoms with Crippen LogP contribution in [0.5, 0.6) is 5.75 Å². The summed E-state index contributed by atoms with van der Waals surface area (Å²) in [6, 6.07) is 8.39. The van der Waals surface area contributed by atoms with Crippen LogP contribution in [0.3, 0.4) is 0 Å². The Morgan fingerprint density at radius 3 is 2.85 bits per heavy atom. The number of carbonyl (C=O) groups excluding carboxylic acids is 1. The number of benzene rings is 1. The first kappa shape index (κ1) is 17.7. The number of rotatable bonds is 4. The van der Waals surface area contributed by atoms with E-state index >= 15 is 0 Å². The molecule has 9 heteroatoms. The molecule has 0 spiro atoms. The lowest BCUT2D eigenvalue weighted by Gasteiger charge is -2.15. The molecule has 0 aliphatic carbocycles. The molecule has 0 atom stereocenters. The summed E-state index contributed by atoms with van der Waals surface area (Å²) in [5.41, 5.74) is 8.81. The summed E-state index contributed by atoms with van der Waals surface area (Å²) in [4.78, 5) is 25.2. The van der Waals surface area contributed by atoms with Gasteiger partial charge in [-0.2, -0.15) is 0 Å². The van der Waals surface area contributed by atoms with Gasteiger partial charge in [0.05, 0.1) is 24.7 Å². The van der Waals surface area contributed by atoms with E-state index in [2.05, 4.69) is 33.1 Å². The number of nitrogens with two attached hydrogens (primary N) is 1. The summed E-state index contributed by atoms with van der Waals surface area (Å²) in [6.07, 6.45) is 1.65. The van der Waals surface area contributed by atoms with E-state index in [9.17, 15) is 4.79 Å². The first-order valence-electron chi connectivity index (χ1n) is 7.88. The molecule has 0 fully saturated rings. The molecule has 0 saturated carbocycles. The van der Waals surface area contributed by atoms with Gasteiger partial charge >= 0.3 is 6.03 Å². The van der Waals surface area contributed by atoms with Gasteiger partial charge in [-0.05, 0) is 31.2 Å². The number of thiol groups is 1. The van der Waals surface area contributed by atoms with Gasteiger partial charge in [-0.15, -0.1) is 0 Å². The number of amides is 2. The molecule has 2 heterocycles. The molecular weight excluding hydrogens is 352 g/mol. The Morgan fingerprint density at radius 1 is 1.31 bits per heavy atom. The Morgan fingerprint density at radius 2 is 2.12 bits per heavy atom. The van der Waals surface area contributed by atoms with Gasteiger partial charge in [-0.1, -0.05) is 18.9 Å². The van der Waals surface area contributed by atoms with Gasteiger partial charge in [0.1, 0.15) is 17.1 Å². The number of fused-ring (bicyclic) bond motifs is 1. The SMILES string of the molecule is CCNC(=O)N(S)c1ccc2ncc(-c3ccc(N)c(OC)c3)nc2n1. The molecule has 26 heavy (non-hydrogen) atoms. The lowest BCUT2D eigenvalue weighted by molar-refractivity contribution is 0.250. The molecule has 0 bridgehead atoms. The maximum atomic E-state index is 11.9. The molecular formula is C17H18N6O2S. The fourth-order valence-electron chi connectivity index (χ4n) is 2.35. The third-order valence-corrected chi connectivity index (χ3v) is 4.05. The number of ether oxygens (including phenoxy) is 1. The normalized spacial score (nSPS) is 10.6. The molecule has 1 aromatic carbocycles. The number of methoxy groups -OCH3 is 1. The Labute approximate surface area is 156 Å². The molecule has 3 aromatic rings. The lowest BCUT2D eigenvalue weighted by atomic mass is 10.1. The monoisotopic (exact) mass is 370 g/mol. The highest BCUT2D eigenvalue weighted by atomic mass is 32.1. The zero-order chi connectivity index (χ0) is 18.7. The number of hydrogen-bond donors (Lipinski definition) is 3. The number of pyridine rings is 1. The fraction of sp³-hybridized carbons (Fsp3) is 0.176. The quantitative estimate of drug-likeness (QED) is 0.481. The Balaban J connectivity index is 2.01. The van der Waals surface area contributed by atoms with E-state index in [-0.39, 0.29) is 6.03 Å². The van der Waals surface area contributed by atoms with Crippen molar-refractivity contribution in [1.29, 1.82) is 0 Å². The molecule has 3 N–H and O–H groups in total. The molecule has 134 valence electrons. The van der Waals surface area contributed by atoms with E-state index < -0.39 is 0 Å². The third-order valence-electron chi connectivity index (χ3n) is 3.66. The minimum atomic E-state index is -0.366. The number of anilines is 2. The minimum absolute atomic E-state index is 0.355. The summed E-state index contributed by atoms with van der Waals surface area (Å²) >= 11 is 4.19. The maximum absolute atomic E-state index is 11.9. The van der Waals surface area contributed by atoms with Crippen molar-refractivity contribution in [3.05, 3.63) is 36.5 Å². The van der Waals surface area contributed by atoms with Gasteiger partial charge in [0, 0.05) is 12.1 Å². The topological polar surface area (TPSA) is 106 Å². The van der Waals surface area contributed by atoms with Crippen LogP contribution in [-0.4, -0.2) is 34.6 Å². The standard InChI is InChI=1S/C17H18N6O2S/c1-3-19-17(24)23(26)15-7-6-12-16(22-15)21-13(9-20-12)10-4-5-11(18)14(8-10)25-2/h4-9,26H,3,18H2,1-2H3,(H,19,24). The van der Waals surface area contributed by atoms with Crippen molar-refractivity contribution in [2.24, 2.45) is 0 Å². The van der Waals surface area contributed by atoms with Gasteiger partial charge < -0.3 is 15.8 Å². The van der Waals surface area contributed by atoms with E-state index in [0.717, 1.165) is 9.87 Å². The maximum Gasteiger partial charge on any atom is 0.333 e. The summed E-state index contributed by atoms with van der Waals surface area (Å²) < 4.78 is 6.37. The van der Waals surface area contributed by atoms with E-state index in [1.807, 2.05) is 13.0 Å². The average molecular weight is 370 g/mol. The largest absolute Gasteiger partial charge is 0.495 e. The van der Waals surface area contributed by atoms with E-state index in [4.69, 9.17) is 10.5 Å². The smallest absolute Gasteiger partial charge is 0.333 e. The number of carbonyl (C=O) groups is 1. The van der Waals surface area contributed by atoms with Crippen LogP contribution in [0.15, 0.2) is 36.5 Å². The first-order valence-corrected chi connectivity index (χ1v) is 8.28. The molecule has 8 nitrogen and oxygen atoms in total. The van der Waals surface area contributed by atoms with Crippen molar-refractivity contribution in [2.45, 2.75) is 6.92 Å². The van der Waals surface area contributed by atoms with Crippen LogP contribution in [0.4, 0.5) is 16.3 Å². The zero-order valence-corrected chi connectivity index (χ0v) is 15.2. The van der Waals surface area contributed by atoms with Crippen molar-refractivity contribution in [3.8, 4) is 17.0 Å². The summed E-state index contributed by atoms with van der Waals surface area (Å²) in [5.74, 6) is 0.914. The predicted octanol–water partition coefficient (Wildman–Crippen LogP) is 2.66. The predicted molar refractivity (Wildman–Crippen MR) is 104 cm³/mol. The van der Waals surface area contributed by atoms with Crippen LogP contribution in [0.25, 0.3) is 22.4 Å². The highest BCUT2D eigenvalue weighted by molar-refractivity contribution is 7.82. The number of aromatic nitrogens is 3. The van der Waals surface area contributed by atoms with Crippen LogP contribution in [0, 0.1) is 0 Å². The van der Waals surface area contributed by atoms with Gasteiger partial charge in [-0.3, -0.25) is 4.98 Å². The molecule has 0 unspecified atom stereocenters. The zero-order valence-electron chi connectivity index (χ0n) is 14.3. The van der Waals surface area contributed by atoms with Crippen LogP contribution < -0.4 is 20.1 Å². The van der Waals surface area contributed by atoms with Crippen LogP contribution in [0.1, 0.15) is 6.92 Å². The summed E-state index contributed by atoms with van der Waals surface area (Å²) in [7, 11) is 1.55. The number of hydrogen-bond acceptors (Lipinski definition) is 7. The van der Waals surface area contributed by atoms with Gasteiger partial charge in [-0.25, -0.2) is 19.1 Å². The second kappa shape index (κ2) is 7.44. The lowest BCUT2D eigenvalue weighted by Crippen LogP contribution is -2.34. The molecule has 0 radical (unpaired) electrons. The van der Waals surface area contributed by atoms with Crippen LogP contribution in [-0.2, 0) is 0 Å². The first-order chi connectivity index (χ1) is 12.5. The molecule has 2 aromatic heterocycles. The number of nitrogens with one attached hydrogen (secondary N) is 1. The van der Waals surface area contributed by atoms with Crippen molar-refractivity contribution in [2.75, 3.05) is 23.7 Å². The number of nitrogen functional groups attached to an aromatic ring is 1. The second-order valence-corrected chi connectivity index (χ2v) is 5.77. The molecule has 0 saturated heterocycles. The van der Waals surface area contributed by atoms with Crippen molar-refractivity contribution in [3.63, 3.8) is 0 Å². The Hall–Kier alpha value is -3.07. The van der Waals surface area contributed by atoms with Crippen LogP contribution >= 0.6 is 12.8 Å². The van der Waals surface area contributed by atoms with E-state index in [0.29, 0.717) is 40.7 Å². The van der Waals surface area contributed by atoms with Crippen molar-refractivity contribution in [1.82, 2.24) is 20.3 Å². The van der Waals surface area contributed by atoms with E-state index in [1.54, 1.807) is 37.6 Å². The molecule has 0 aliphatic heterocycles. The third kappa shape index (κ3) is 3.47. The molecule has 2 amide bonds. The average Bonchev–Trinajstić information content (AvgIpc) is 2.67. The fourth-order valence-corrected chi connectivity index (χ4v) is 2.53.